The first-order valence-corrected chi connectivity index (χ1v) is 13.7. The Kier molecular flexibility index (Phi) is 6.18. The van der Waals surface area contributed by atoms with Crippen LogP contribution < -0.4 is 9.81 Å². The molecule has 3 aromatic rings. The molecule has 0 spiro atoms. The SMILES string of the molecule is CCN(C)Cc1cccc[c]1[Bi]([c]1ccccc1)[c]1ccccc1. The van der Waals surface area contributed by atoms with Crippen molar-refractivity contribution in [3.63, 3.8) is 0 Å². The molecule has 0 aromatic heterocycles. The zero-order valence-corrected chi connectivity index (χ0v) is 17.9. The third-order valence-electron chi connectivity index (χ3n) is 4.24. The van der Waals surface area contributed by atoms with E-state index in [1.165, 1.54) is 5.56 Å². The Balaban J connectivity index is 2.10. The van der Waals surface area contributed by atoms with Crippen LogP contribution in [-0.4, -0.2) is 40.2 Å². The van der Waals surface area contributed by atoms with Gasteiger partial charge in [-0.1, -0.05) is 0 Å². The molecule has 0 radical (unpaired) electrons. The zero-order valence-electron chi connectivity index (χ0n) is 14.4. The molecule has 0 atom stereocenters. The van der Waals surface area contributed by atoms with Crippen molar-refractivity contribution in [2.75, 3.05) is 13.6 Å². The van der Waals surface area contributed by atoms with Crippen molar-refractivity contribution in [2.24, 2.45) is 0 Å². The van der Waals surface area contributed by atoms with Gasteiger partial charge in [0, 0.05) is 0 Å². The van der Waals surface area contributed by atoms with Gasteiger partial charge in [0.1, 0.15) is 0 Å². The van der Waals surface area contributed by atoms with Crippen LogP contribution in [0, 0.1) is 0 Å². The van der Waals surface area contributed by atoms with E-state index < -0.39 is 21.8 Å². The minimum absolute atomic E-state index is 1.03. The summed E-state index contributed by atoms with van der Waals surface area (Å²) in [5, 5.41) is 0. The maximum atomic E-state index is 2.39. The van der Waals surface area contributed by atoms with Gasteiger partial charge in [-0.15, -0.1) is 0 Å². The Bertz CT molecular complexity index is 716. The first-order valence-electron chi connectivity index (χ1n) is 8.46. The van der Waals surface area contributed by atoms with Crippen LogP contribution in [0.25, 0.3) is 0 Å². The predicted molar refractivity (Wildman–Crippen MR) is 106 cm³/mol. The summed E-state index contributed by atoms with van der Waals surface area (Å²) in [6.45, 7) is 4.32. The first-order chi connectivity index (χ1) is 11.8. The average molecular weight is 511 g/mol. The van der Waals surface area contributed by atoms with Crippen LogP contribution >= 0.6 is 0 Å². The molecule has 3 aromatic carbocycles. The summed E-state index contributed by atoms with van der Waals surface area (Å²) in [6, 6.07) is 31.3. The number of nitrogens with zero attached hydrogens (tertiary/aromatic N) is 1. The number of benzene rings is 3. The topological polar surface area (TPSA) is 3.24 Å². The van der Waals surface area contributed by atoms with E-state index in [2.05, 4.69) is 104 Å². The van der Waals surface area contributed by atoms with Crippen LogP contribution in [0.2, 0.25) is 0 Å². The number of hydrogen-bond donors (Lipinski definition) is 0. The van der Waals surface area contributed by atoms with Gasteiger partial charge < -0.3 is 0 Å². The van der Waals surface area contributed by atoms with E-state index in [-0.39, 0.29) is 0 Å². The van der Waals surface area contributed by atoms with Crippen LogP contribution in [0.3, 0.4) is 0 Å². The van der Waals surface area contributed by atoms with Gasteiger partial charge in [-0.2, -0.15) is 0 Å². The van der Waals surface area contributed by atoms with Crippen molar-refractivity contribution in [2.45, 2.75) is 13.5 Å². The monoisotopic (exact) mass is 511 g/mol. The van der Waals surface area contributed by atoms with Gasteiger partial charge in [0.2, 0.25) is 0 Å². The molecular weight excluding hydrogens is 487 g/mol. The van der Waals surface area contributed by atoms with Crippen molar-refractivity contribution in [3.8, 4) is 0 Å². The molecule has 0 aliphatic heterocycles. The Morgan fingerprint density at radius 1 is 0.708 bits per heavy atom. The van der Waals surface area contributed by atoms with E-state index in [1.54, 1.807) is 9.81 Å². The summed E-state index contributed by atoms with van der Waals surface area (Å²) >= 11 is -2.25. The fourth-order valence-corrected chi connectivity index (χ4v) is 12.4. The van der Waals surface area contributed by atoms with Crippen molar-refractivity contribution in [1.29, 1.82) is 0 Å². The molecule has 0 N–H and O–H groups in total. The van der Waals surface area contributed by atoms with Gasteiger partial charge in [0.25, 0.3) is 0 Å². The summed E-state index contributed by atoms with van der Waals surface area (Å²) < 4.78 is 4.70. The van der Waals surface area contributed by atoms with E-state index in [4.69, 9.17) is 0 Å². The van der Waals surface area contributed by atoms with Crippen molar-refractivity contribution >= 4 is 31.6 Å². The third kappa shape index (κ3) is 4.12. The Morgan fingerprint density at radius 3 is 1.75 bits per heavy atom. The Labute approximate surface area is 153 Å². The average Bonchev–Trinajstić information content (AvgIpc) is 2.65. The molecule has 0 heterocycles. The standard InChI is InChI=1S/C10H14N.2C6H5.Bi/c1-3-11(2)9-10-7-5-4-6-8-10;2*1-2-4-6-5-3-1;/h4-7H,3,9H2,1-2H3;2*1-5H;. The number of hydrogen-bond acceptors (Lipinski definition) is 1. The normalized spacial score (nSPS) is 11.2. The van der Waals surface area contributed by atoms with Gasteiger partial charge in [0.05, 0.1) is 0 Å². The second-order valence-corrected chi connectivity index (χ2v) is 14.5. The van der Waals surface area contributed by atoms with Crippen LogP contribution in [0.5, 0.6) is 0 Å². The van der Waals surface area contributed by atoms with Crippen molar-refractivity contribution < 1.29 is 0 Å². The van der Waals surface area contributed by atoms with Crippen LogP contribution in [0.4, 0.5) is 0 Å². The molecule has 3 rings (SSSR count). The second kappa shape index (κ2) is 8.56. The fraction of sp³-hybridized carbons (Fsp3) is 0.182. The Morgan fingerprint density at radius 2 is 1.21 bits per heavy atom. The summed E-state index contributed by atoms with van der Waals surface area (Å²) in [4.78, 5) is 2.39. The molecule has 2 heteroatoms. The van der Waals surface area contributed by atoms with E-state index in [9.17, 15) is 0 Å². The van der Waals surface area contributed by atoms with E-state index in [0.717, 1.165) is 13.1 Å². The molecule has 0 aliphatic carbocycles. The molecule has 0 amide bonds. The van der Waals surface area contributed by atoms with Crippen LogP contribution in [0.1, 0.15) is 12.5 Å². The summed E-state index contributed by atoms with van der Waals surface area (Å²) in [7, 11) is 2.20. The van der Waals surface area contributed by atoms with E-state index >= 15 is 0 Å². The number of rotatable bonds is 6. The molecule has 122 valence electrons. The van der Waals surface area contributed by atoms with Crippen molar-refractivity contribution in [1.82, 2.24) is 4.90 Å². The second-order valence-electron chi connectivity index (χ2n) is 5.97. The predicted octanol–water partition coefficient (Wildman–Crippen LogP) is 2.65. The Hall–Kier alpha value is -1.50. The summed E-state index contributed by atoms with van der Waals surface area (Å²) in [6.07, 6.45) is 0. The molecule has 0 aliphatic rings. The van der Waals surface area contributed by atoms with E-state index in [0.29, 0.717) is 0 Å². The van der Waals surface area contributed by atoms with Crippen LogP contribution in [0.15, 0.2) is 84.9 Å². The molecule has 0 bridgehead atoms. The van der Waals surface area contributed by atoms with Gasteiger partial charge in [-0.05, 0) is 0 Å². The molecule has 24 heavy (non-hydrogen) atoms. The fourth-order valence-electron chi connectivity index (χ4n) is 2.85. The molecule has 1 nitrogen and oxygen atoms in total. The van der Waals surface area contributed by atoms with Gasteiger partial charge >= 0.3 is 154 Å². The first kappa shape index (κ1) is 17.3. The summed E-state index contributed by atoms with van der Waals surface area (Å²) in [5.41, 5.74) is 1.49. The molecule has 0 unspecified atom stereocenters. The third-order valence-corrected chi connectivity index (χ3v) is 14.1. The van der Waals surface area contributed by atoms with Gasteiger partial charge in [0.15, 0.2) is 0 Å². The van der Waals surface area contributed by atoms with E-state index in [1.807, 2.05) is 0 Å². The van der Waals surface area contributed by atoms with Crippen molar-refractivity contribution in [3.05, 3.63) is 90.5 Å². The maximum absolute atomic E-state index is 2.39. The molecular formula is C22H24BiN. The zero-order chi connectivity index (χ0) is 16.8. The quantitative estimate of drug-likeness (QED) is 0.461. The van der Waals surface area contributed by atoms with Gasteiger partial charge in [-0.3, -0.25) is 0 Å². The van der Waals surface area contributed by atoms with Gasteiger partial charge in [-0.25, -0.2) is 0 Å². The molecule has 0 fully saturated rings. The van der Waals surface area contributed by atoms with Crippen LogP contribution in [-0.2, 0) is 6.54 Å². The molecule has 0 saturated carbocycles. The minimum atomic E-state index is -2.25. The summed E-state index contributed by atoms with van der Waals surface area (Å²) in [5.74, 6) is 0. The molecule has 0 saturated heterocycles.